The predicted molar refractivity (Wildman–Crippen MR) is 186 cm³/mol. The summed E-state index contributed by atoms with van der Waals surface area (Å²) in [7, 11) is 0. The van der Waals surface area contributed by atoms with E-state index in [0.29, 0.717) is 116 Å². The average molecular weight is 713 g/mol. The second-order valence-corrected chi connectivity index (χ2v) is 10.8. The van der Waals surface area contributed by atoms with Crippen molar-refractivity contribution in [3.05, 3.63) is 40.2 Å². The first-order valence-corrected chi connectivity index (χ1v) is 17.4. The fourth-order valence-electron chi connectivity index (χ4n) is 4.50. The first-order valence-electron chi connectivity index (χ1n) is 17.4. The molecule has 2 rings (SSSR count). The van der Waals surface area contributed by atoms with Crippen molar-refractivity contribution >= 4 is 28.5 Å². The summed E-state index contributed by atoms with van der Waals surface area (Å²) < 4.78 is 49.0. The molecule has 15 heteroatoms. The normalized spacial score (nSPS) is 11.3. The summed E-state index contributed by atoms with van der Waals surface area (Å²) in [6.07, 6.45) is 1.52. The first kappa shape index (κ1) is 43.0. The Bertz CT molecular complexity index is 1240. The van der Waals surface area contributed by atoms with Gasteiger partial charge in [-0.3, -0.25) is 9.59 Å². The maximum absolute atomic E-state index is 12.5. The summed E-state index contributed by atoms with van der Waals surface area (Å²) in [5, 5.41) is 11.9. The minimum Gasteiger partial charge on any atom is -0.481 e. The van der Waals surface area contributed by atoms with E-state index < -0.39 is 17.5 Å². The molecule has 0 aliphatic rings. The Kier molecular flexibility index (Phi) is 24.6. The number of nitrogens with zero attached hydrogens (tertiary/aromatic N) is 1. The second-order valence-electron chi connectivity index (χ2n) is 10.8. The molecule has 1 aromatic heterocycles. The molecule has 2 aromatic rings. The van der Waals surface area contributed by atoms with E-state index >= 15 is 0 Å². The number of carbonyl (C=O) groups is 2. The molecule has 0 saturated heterocycles. The molecule has 0 unspecified atom stereocenters. The highest BCUT2D eigenvalue weighted by atomic mass is 16.6. The molecule has 0 aliphatic carbocycles. The number of carbonyl (C=O) groups excluding carboxylic acids is 1. The fraction of sp³-hybridized carbons (Fsp3) is 0.686. The van der Waals surface area contributed by atoms with Gasteiger partial charge in [0, 0.05) is 49.8 Å². The second kappa shape index (κ2) is 28.5. The van der Waals surface area contributed by atoms with Gasteiger partial charge >= 0.3 is 11.6 Å². The zero-order chi connectivity index (χ0) is 36.1. The molecule has 284 valence electrons. The van der Waals surface area contributed by atoms with Gasteiger partial charge in [0.1, 0.15) is 11.1 Å². The molecule has 0 bridgehead atoms. The van der Waals surface area contributed by atoms with Crippen molar-refractivity contribution in [2.24, 2.45) is 0 Å². The summed E-state index contributed by atoms with van der Waals surface area (Å²) in [5.74, 6) is -1.29. The smallest absolute Gasteiger partial charge is 0.349 e. The number of rotatable bonds is 33. The van der Waals surface area contributed by atoms with Gasteiger partial charge in [-0.1, -0.05) is 0 Å². The Morgan fingerprint density at radius 3 is 1.58 bits per heavy atom. The Morgan fingerprint density at radius 1 is 0.660 bits per heavy atom. The van der Waals surface area contributed by atoms with Gasteiger partial charge in [-0.05, 0) is 44.9 Å². The van der Waals surface area contributed by atoms with Gasteiger partial charge in [-0.15, -0.1) is 0 Å². The molecule has 0 radical (unpaired) electrons. The van der Waals surface area contributed by atoms with E-state index in [1.54, 1.807) is 6.07 Å². The zero-order valence-electron chi connectivity index (χ0n) is 29.7. The van der Waals surface area contributed by atoms with E-state index in [2.05, 4.69) is 24.1 Å². The van der Waals surface area contributed by atoms with Crippen LogP contribution in [0.1, 0.15) is 43.5 Å². The van der Waals surface area contributed by atoms with Crippen molar-refractivity contribution in [2.45, 2.75) is 33.1 Å². The standard InChI is InChI=1S/C35H56N2O13/c1-3-37(4-2)30-9-8-29-27-31(35(41)50-32(29)28-30)34(40)36-10-12-43-14-16-45-18-20-47-22-24-49-26-25-48-23-21-46-19-17-44-15-13-42-11-6-5-7-33(38)39/h8-9,27-28H,3-7,10-26H2,1-2H3,(H,36,40)(H,38,39). The van der Waals surface area contributed by atoms with Crippen LogP contribution in [0.25, 0.3) is 11.0 Å². The van der Waals surface area contributed by atoms with Gasteiger partial charge in [-0.2, -0.15) is 0 Å². The van der Waals surface area contributed by atoms with Crippen molar-refractivity contribution in [3.63, 3.8) is 0 Å². The van der Waals surface area contributed by atoms with E-state index in [1.165, 1.54) is 0 Å². The van der Waals surface area contributed by atoms with Crippen molar-refractivity contribution in [1.29, 1.82) is 0 Å². The molecule has 2 N–H and O–H groups in total. The van der Waals surface area contributed by atoms with Crippen LogP contribution in [0, 0.1) is 0 Å². The van der Waals surface area contributed by atoms with Gasteiger partial charge in [0.2, 0.25) is 0 Å². The van der Waals surface area contributed by atoms with E-state index in [9.17, 15) is 14.4 Å². The quantitative estimate of drug-likeness (QED) is 0.0817. The molecule has 50 heavy (non-hydrogen) atoms. The van der Waals surface area contributed by atoms with E-state index in [-0.39, 0.29) is 25.1 Å². The molecule has 1 aromatic carbocycles. The Morgan fingerprint density at radius 2 is 1.12 bits per heavy atom. The molecular weight excluding hydrogens is 656 g/mol. The summed E-state index contributed by atoms with van der Waals surface area (Å²) in [6, 6.07) is 7.17. The highest BCUT2D eigenvalue weighted by Gasteiger charge is 2.14. The number of carboxylic acid groups (broad SMARTS) is 1. The van der Waals surface area contributed by atoms with Gasteiger partial charge in [0.15, 0.2) is 0 Å². The number of hydrogen-bond acceptors (Lipinski definition) is 13. The summed E-state index contributed by atoms with van der Waals surface area (Å²) in [4.78, 5) is 37.5. The van der Waals surface area contributed by atoms with Crippen molar-refractivity contribution in [2.75, 3.05) is 130 Å². The third-order valence-corrected chi connectivity index (χ3v) is 7.16. The Balaban J connectivity index is 1.31. The monoisotopic (exact) mass is 712 g/mol. The van der Waals surface area contributed by atoms with Gasteiger partial charge in [-0.25, -0.2) is 4.79 Å². The highest BCUT2D eigenvalue weighted by molar-refractivity contribution is 5.97. The number of benzene rings is 1. The van der Waals surface area contributed by atoms with Crippen LogP contribution in [0.4, 0.5) is 5.69 Å². The molecule has 1 amide bonds. The summed E-state index contributed by atoms with van der Waals surface area (Å²) >= 11 is 0. The van der Waals surface area contributed by atoms with Crippen molar-refractivity contribution in [1.82, 2.24) is 5.32 Å². The van der Waals surface area contributed by atoms with Crippen molar-refractivity contribution in [3.8, 4) is 0 Å². The number of amides is 1. The topological polar surface area (TPSA) is 174 Å². The fourth-order valence-corrected chi connectivity index (χ4v) is 4.50. The summed E-state index contributed by atoms with van der Waals surface area (Å²) in [5.41, 5.74) is 0.689. The molecule has 0 spiro atoms. The predicted octanol–water partition coefficient (Wildman–Crippen LogP) is 2.76. The lowest BCUT2D eigenvalue weighted by Crippen LogP contribution is -2.31. The van der Waals surface area contributed by atoms with Crippen LogP contribution in [0.3, 0.4) is 0 Å². The highest BCUT2D eigenvalue weighted by Crippen LogP contribution is 2.22. The third-order valence-electron chi connectivity index (χ3n) is 7.16. The first-order chi connectivity index (χ1) is 24.5. The largest absolute Gasteiger partial charge is 0.481 e. The van der Waals surface area contributed by atoms with Crippen LogP contribution in [0.15, 0.2) is 33.5 Å². The number of unbranched alkanes of at least 4 members (excludes halogenated alkanes) is 1. The van der Waals surface area contributed by atoms with Crippen LogP contribution in [-0.4, -0.2) is 142 Å². The number of anilines is 1. The van der Waals surface area contributed by atoms with Crippen molar-refractivity contribution < 1.29 is 57.0 Å². The lowest BCUT2D eigenvalue weighted by molar-refractivity contribution is -0.137. The minimum absolute atomic E-state index is 0.0423. The lowest BCUT2D eigenvalue weighted by Gasteiger charge is -2.21. The van der Waals surface area contributed by atoms with Gasteiger partial charge in [0.05, 0.1) is 99.1 Å². The SMILES string of the molecule is CCN(CC)c1ccc2cc(C(=O)NCCOCCOCCOCCOCCOCCOCCOCCOCCCCC(=O)O)c(=O)oc2c1. The van der Waals surface area contributed by atoms with E-state index in [4.69, 9.17) is 47.4 Å². The van der Waals surface area contributed by atoms with Gasteiger partial charge in [0.25, 0.3) is 5.91 Å². The van der Waals surface area contributed by atoms with E-state index in [0.717, 1.165) is 25.2 Å². The molecule has 0 fully saturated rings. The third kappa shape index (κ3) is 19.9. The molecule has 0 saturated carbocycles. The average Bonchev–Trinajstić information content (AvgIpc) is 3.10. The molecule has 0 atom stereocenters. The van der Waals surface area contributed by atoms with E-state index in [1.807, 2.05) is 18.2 Å². The zero-order valence-corrected chi connectivity index (χ0v) is 29.7. The molecule has 1 heterocycles. The Labute approximate surface area is 294 Å². The minimum atomic E-state index is -0.782. The van der Waals surface area contributed by atoms with Crippen LogP contribution in [0.5, 0.6) is 0 Å². The number of nitrogens with one attached hydrogen (secondary N) is 1. The number of fused-ring (bicyclic) bond motifs is 1. The molecular formula is C35H56N2O13. The molecule has 15 nitrogen and oxygen atoms in total. The Hall–Kier alpha value is -3.15. The number of carboxylic acids is 1. The number of aliphatic carboxylic acids is 1. The molecule has 0 aliphatic heterocycles. The van der Waals surface area contributed by atoms with Crippen LogP contribution in [-0.2, 0) is 42.7 Å². The summed E-state index contributed by atoms with van der Waals surface area (Å²) in [6.45, 7) is 13.1. The van der Waals surface area contributed by atoms with Crippen LogP contribution < -0.4 is 15.8 Å². The number of hydrogen-bond donors (Lipinski definition) is 2. The van der Waals surface area contributed by atoms with Gasteiger partial charge < -0.3 is 57.6 Å². The number of ether oxygens (including phenoxy) is 8. The maximum Gasteiger partial charge on any atom is 0.349 e. The lowest BCUT2D eigenvalue weighted by atomic mass is 10.1. The van der Waals surface area contributed by atoms with Crippen LogP contribution >= 0.6 is 0 Å². The van der Waals surface area contributed by atoms with Crippen LogP contribution in [0.2, 0.25) is 0 Å². The maximum atomic E-state index is 12.5.